The standard InChI is InChI=1S/C51H33N3O/c1-4-12-34(13-5-1)36-22-24-37(25-23-36)38-26-28-39(29-27-38)42-30-31-44-47(33-42)55-46-21-11-20-45(48(44)46)51-53-49(40-16-8-3-9-17-40)52-50(54-51)43-19-10-18-41(32-43)35-14-6-2-7-15-35/h1-33H. The van der Waals surface area contributed by atoms with Gasteiger partial charge in [-0.2, -0.15) is 0 Å². The molecule has 0 atom stereocenters. The lowest BCUT2D eigenvalue weighted by molar-refractivity contribution is 0.669. The molecule has 4 heteroatoms. The van der Waals surface area contributed by atoms with E-state index in [9.17, 15) is 0 Å². The third-order valence-electron chi connectivity index (χ3n) is 10.2. The van der Waals surface area contributed by atoms with Crippen molar-refractivity contribution in [3.8, 4) is 78.7 Å². The molecule has 10 rings (SSSR count). The second-order valence-corrected chi connectivity index (χ2v) is 13.6. The summed E-state index contributed by atoms with van der Waals surface area (Å²) in [6.45, 7) is 0. The summed E-state index contributed by atoms with van der Waals surface area (Å²) >= 11 is 0. The van der Waals surface area contributed by atoms with E-state index in [1.165, 1.54) is 22.3 Å². The average molecular weight is 704 g/mol. The first kappa shape index (κ1) is 32.2. The van der Waals surface area contributed by atoms with Gasteiger partial charge in [-0.3, -0.25) is 0 Å². The molecule has 55 heavy (non-hydrogen) atoms. The molecular weight excluding hydrogens is 671 g/mol. The molecule has 0 amide bonds. The van der Waals surface area contributed by atoms with Crippen molar-refractivity contribution in [1.29, 1.82) is 0 Å². The Morgan fingerprint density at radius 3 is 1.31 bits per heavy atom. The van der Waals surface area contributed by atoms with Crippen molar-refractivity contribution >= 4 is 21.9 Å². The maximum atomic E-state index is 6.54. The molecule has 0 spiro atoms. The van der Waals surface area contributed by atoms with E-state index in [4.69, 9.17) is 19.4 Å². The monoisotopic (exact) mass is 703 g/mol. The molecule has 4 nitrogen and oxygen atoms in total. The van der Waals surface area contributed by atoms with E-state index in [2.05, 4.69) is 146 Å². The summed E-state index contributed by atoms with van der Waals surface area (Å²) in [6.07, 6.45) is 0. The molecule has 0 aliphatic heterocycles. The fourth-order valence-electron chi connectivity index (χ4n) is 7.34. The van der Waals surface area contributed by atoms with Crippen molar-refractivity contribution in [3.05, 3.63) is 200 Å². The SMILES string of the molecule is c1ccc(-c2ccc(-c3ccc(-c4ccc5c(c4)oc4cccc(-c6nc(-c7ccccc7)nc(-c7cccc(-c8ccccc8)c7)n6)c45)cc3)cc2)cc1. The third-order valence-corrected chi connectivity index (χ3v) is 10.2. The van der Waals surface area contributed by atoms with Gasteiger partial charge in [0.15, 0.2) is 17.5 Å². The van der Waals surface area contributed by atoms with Crippen LogP contribution < -0.4 is 0 Å². The average Bonchev–Trinajstić information content (AvgIpc) is 3.66. The van der Waals surface area contributed by atoms with Crippen LogP contribution in [0.1, 0.15) is 0 Å². The Bertz CT molecular complexity index is 2940. The summed E-state index contributed by atoms with van der Waals surface area (Å²) in [5.41, 5.74) is 13.6. The topological polar surface area (TPSA) is 51.8 Å². The van der Waals surface area contributed by atoms with Gasteiger partial charge < -0.3 is 4.42 Å². The molecule has 0 fully saturated rings. The van der Waals surface area contributed by atoms with Gasteiger partial charge in [-0.25, -0.2) is 15.0 Å². The minimum absolute atomic E-state index is 0.596. The zero-order valence-corrected chi connectivity index (χ0v) is 29.8. The zero-order chi connectivity index (χ0) is 36.6. The quantitative estimate of drug-likeness (QED) is 0.166. The van der Waals surface area contributed by atoms with Crippen LogP contribution >= 0.6 is 0 Å². The molecule has 0 aliphatic rings. The van der Waals surface area contributed by atoms with Crippen LogP contribution in [-0.2, 0) is 0 Å². The van der Waals surface area contributed by atoms with Crippen molar-refractivity contribution in [2.24, 2.45) is 0 Å². The van der Waals surface area contributed by atoms with Gasteiger partial charge in [0, 0.05) is 27.5 Å². The molecule has 2 aromatic heterocycles. The van der Waals surface area contributed by atoms with Crippen molar-refractivity contribution in [3.63, 3.8) is 0 Å². The van der Waals surface area contributed by atoms with E-state index < -0.39 is 0 Å². The number of nitrogens with zero attached hydrogens (tertiary/aromatic N) is 3. The Morgan fingerprint density at radius 1 is 0.273 bits per heavy atom. The molecule has 0 saturated carbocycles. The van der Waals surface area contributed by atoms with E-state index in [1.807, 2.05) is 54.6 Å². The predicted octanol–water partition coefficient (Wildman–Crippen LogP) is 13.4. The summed E-state index contributed by atoms with van der Waals surface area (Å²) in [5, 5.41) is 1.99. The first-order chi connectivity index (χ1) is 27.2. The summed E-state index contributed by atoms with van der Waals surface area (Å²) in [5.74, 6) is 1.83. The highest BCUT2D eigenvalue weighted by Gasteiger charge is 2.18. The third kappa shape index (κ3) is 6.26. The van der Waals surface area contributed by atoms with E-state index >= 15 is 0 Å². The molecular formula is C51H33N3O. The van der Waals surface area contributed by atoms with Crippen LogP contribution in [0.2, 0.25) is 0 Å². The number of rotatable bonds is 7. The van der Waals surface area contributed by atoms with Crippen LogP contribution in [-0.4, -0.2) is 15.0 Å². The number of benzene rings is 8. The highest BCUT2D eigenvalue weighted by molar-refractivity contribution is 6.12. The van der Waals surface area contributed by atoms with Gasteiger partial charge in [0.05, 0.1) is 0 Å². The molecule has 8 aromatic carbocycles. The van der Waals surface area contributed by atoms with Crippen LogP contribution in [0.4, 0.5) is 0 Å². The van der Waals surface area contributed by atoms with E-state index in [0.717, 1.165) is 60.9 Å². The minimum atomic E-state index is 0.596. The molecule has 0 N–H and O–H groups in total. The molecule has 0 aliphatic carbocycles. The van der Waals surface area contributed by atoms with Crippen LogP contribution in [0.15, 0.2) is 205 Å². The molecule has 2 heterocycles. The second-order valence-electron chi connectivity index (χ2n) is 13.6. The lowest BCUT2D eigenvalue weighted by Crippen LogP contribution is -2.00. The Morgan fingerprint density at radius 2 is 0.691 bits per heavy atom. The molecule has 0 bridgehead atoms. The highest BCUT2D eigenvalue weighted by atomic mass is 16.3. The van der Waals surface area contributed by atoms with E-state index in [0.29, 0.717) is 17.5 Å². The highest BCUT2D eigenvalue weighted by Crippen LogP contribution is 2.39. The number of furan rings is 1. The molecule has 10 aromatic rings. The maximum absolute atomic E-state index is 6.54. The minimum Gasteiger partial charge on any atom is -0.456 e. The number of hydrogen-bond donors (Lipinski definition) is 0. The predicted molar refractivity (Wildman–Crippen MR) is 225 cm³/mol. The van der Waals surface area contributed by atoms with Crippen LogP contribution in [0.5, 0.6) is 0 Å². The van der Waals surface area contributed by atoms with Crippen LogP contribution in [0.3, 0.4) is 0 Å². The largest absolute Gasteiger partial charge is 0.456 e. The number of fused-ring (bicyclic) bond motifs is 3. The van der Waals surface area contributed by atoms with Gasteiger partial charge in [-0.1, -0.05) is 176 Å². The Labute approximate surface area is 319 Å². The first-order valence-electron chi connectivity index (χ1n) is 18.4. The van der Waals surface area contributed by atoms with E-state index in [1.54, 1.807) is 0 Å². The van der Waals surface area contributed by atoms with Crippen molar-refractivity contribution in [2.45, 2.75) is 0 Å². The molecule has 0 saturated heterocycles. The lowest BCUT2D eigenvalue weighted by Gasteiger charge is -2.10. The van der Waals surface area contributed by atoms with Gasteiger partial charge in [0.2, 0.25) is 0 Å². The van der Waals surface area contributed by atoms with Gasteiger partial charge in [-0.05, 0) is 68.8 Å². The number of aromatic nitrogens is 3. The summed E-state index contributed by atoms with van der Waals surface area (Å²) in [6, 6.07) is 69.3. The maximum Gasteiger partial charge on any atom is 0.164 e. The molecule has 0 unspecified atom stereocenters. The molecule has 0 radical (unpaired) electrons. The smallest absolute Gasteiger partial charge is 0.164 e. The number of hydrogen-bond acceptors (Lipinski definition) is 4. The zero-order valence-electron chi connectivity index (χ0n) is 29.8. The van der Waals surface area contributed by atoms with Crippen LogP contribution in [0, 0.1) is 0 Å². The summed E-state index contributed by atoms with van der Waals surface area (Å²) in [7, 11) is 0. The van der Waals surface area contributed by atoms with Crippen molar-refractivity contribution < 1.29 is 4.42 Å². The summed E-state index contributed by atoms with van der Waals surface area (Å²) in [4.78, 5) is 15.2. The van der Waals surface area contributed by atoms with Crippen molar-refractivity contribution in [1.82, 2.24) is 15.0 Å². The van der Waals surface area contributed by atoms with Crippen molar-refractivity contribution in [2.75, 3.05) is 0 Å². The lowest BCUT2D eigenvalue weighted by atomic mass is 9.97. The van der Waals surface area contributed by atoms with Crippen LogP contribution in [0.25, 0.3) is 101 Å². The van der Waals surface area contributed by atoms with Gasteiger partial charge >= 0.3 is 0 Å². The van der Waals surface area contributed by atoms with E-state index in [-0.39, 0.29) is 0 Å². The Kier molecular flexibility index (Phi) is 8.12. The first-order valence-corrected chi connectivity index (χ1v) is 18.4. The second kappa shape index (κ2) is 13.8. The normalized spacial score (nSPS) is 11.3. The summed E-state index contributed by atoms with van der Waals surface area (Å²) < 4.78 is 6.54. The fourth-order valence-corrected chi connectivity index (χ4v) is 7.34. The Hall–Kier alpha value is -7.43. The Balaban J connectivity index is 1.02. The fraction of sp³-hybridized carbons (Fsp3) is 0. The van der Waals surface area contributed by atoms with Gasteiger partial charge in [0.25, 0.3) is 0 Å². The van der Waals surface area contributed by atoms with Gasteiger partial charge in [0.1, 0.15) is 11.2 Å². The molecule has 258 valence electrons. The van der Waals surface area contributed by atoms with Gasteiger partial charge in [-0.15, -0.1) is 0 Å².